The molecule has 0 aliphatic rings. The van der Waals surface area contributed by atoms with E-state index in [2.05, 4.69) is 15.6 Å². The van der Waals surface area contributed by atoms with Crippen LogP contribution in [0.5, 0.6) is 0 Å². The maximum absolute atomic E-state index is 11.0. The number of aliphatic hydroxyl groups excluding tert-OH is 1. The predicted molar refractivity (Wildman–Crippen MR) is 74.5 cm³/mol. The van der Waals surface area contributed by atoms with Crippen LogP contribution in [0.2, 0.25) is 0 Å². The van der Waals surface area contributed by atoms with Crippen LogP contribution in [-0.2, 0) is 0 Å². The van der Waals surface area contributed by atoms with Gasteiger partial charge >= 0.3 is 5.69 Å². The van der Waals surface area contributed by atoms with E-state index >= 15 is 0 Å². The number of pyridine rings is 1. The van der Waals surface area contributed by atoms with Crippen molar-refractivity contribution in [2.75, 3.05) is 23.8 Å². The molecule has 1 heterocycles. The lowest BCUT2D eigenvalue weighted by Crippen LogP contribution is -2.38. The first-order valence-electron chi connectivity index (χ1n) is 6.24. The molecule has 0 bridgehead atoms. The third kappa shape index (κ3) is 3.78. The molecule has 0 spiro atoms. The van der Waals surface area contributed by atoms with E-state index in [1.165, 1.54) is 6.07 Å². The van der Waals surface area contributed by atoms with Gasteiger partial charge in [0.15, 0.2) is 0 Å². The summed E-state index contributed by atoms with van der Waals surface area (Å²) in [6.07, 6.45) is 0.619. The zero-order chi connectivity index (χ0) is 14.5. The number of aromatic nitrogens is 1. The fraction of sp³-hybridized carbons (Fsp3) is 0.583. The molecule has 0 fully saturated rings. The molecule has 0 radical (unpaired) electrons. The number of rotatable bonds is 7. The van der Waals surface area contributed by atoms with Gasteiger partial charge in [-0.1, -0.05) is 6.92 Å². The van der Waals surface area contributed by atoms with Crippen molar-refractivity contribution in [1.82, 2.24) is 4.98 Å². The van der Waals surface area contributed by atoms with Gasteiger partial charge in [0, 0.05) is 12.6 Å². The highest BCUT2D eigenvalue weighted by molar-refractivity contribution is 5.61. The number of hydrogen-bond acceptors (Lipinski definition) is 6. The predicted octanol–water partition coefficient (Wildman–Crippen LogP) is 1.99. The Hall–Kier alpha value is -1.89. The molecule has 1 atom stereocenters. The lowest BCUT2D eigenvalue weighted by molar-refractivity contribution is -0.384. The molecule has 0 saturated carbocycles. The van der Waals surface area contributed by atoms with Crippen molar-refractivity contribution in [3.05, 3.63) is 22.2 Å². The topological polar surface area (TPSA) is 100 Å². The van der Waals surface area contributed by atoms with E-state index in [-0.39, 0.29) is 18.1 Å². The molecule has 3 N–H and O–H groups in total. The molecule has 1 aromatic heterocycles. The second-order valence-electron chi connectivity index (χ2n) is 4.55. The molecule has 1 rings (SSSR count). The standard InChI is InChI=1S/C12H20N4O3/c1-4-12(3,8-17)15-11-9(16(18)19)6-7-10(14-11)13-5-2/h6-7,17H,4-5,8H2,1-3H3,(H2,13,14,15). The van der Waals surface area contributed by atoms with Crippen LogP contribution in [0.1, 0.15) is 27.2 Å². The van der Waals surface area contributed by atoms with Crippen LogP contribution in [0.25, 0.3) is 0 Å². The molecule has 1 unspecified atom stereocenters. The molecule has 7 nitrogen and oxygen atoms in total. The van der Waals surface area contributed by atoms with Crippen molar-refractivity contribution in [2.45, 2.75) is 32.7 Å². The van der Waals surface area contributed by atoms with Crippen molar-refractivity contribution in [3.8, 4) is 0 Å². The summed E-state index contributed by atoms with van der Waals surface area (Å²) < 4.78 is 0. The summed E-state index contributed by atoms with van der Waals surface area (Å²) in [5, 5.41) is 26.3. The van der Waals surface area contributed by atoms with Crippen LogP contribution in [0.15, 0.2) is 12.1 Å². The smallest absolute Gasteiger partial charge is 0.311 e. The van der Waals surface area contributed by atoms with Crippen molar-refractivity contribution in [1.29, 1.82) is 0 Å². The van der Waals surface area contributed by atoms with Crippen LogP contribution >= 0.6 is 0 Å². The first kappa shape index (κ1) is 15.2. The number of nitrogens with zero attached hydrogens (tertiary/aromatic N) is 2. The zero-order valence-electron chi connectivity index (χ0n) is 11.4. The second-order valence-corrected chi connectivity index (χ2v) is 4.55. The summed E-state index contributed by atoms with van der Waals surface area (Å²) in [7, 11) is 0. The summed E-state index contributed by atoms with van der Waals surface area (Å²) in [4.78, 5) is 14.7. The quantitative estimate of drug-likeness (QED) is 0.516. The lowest BCUT2D eigenvalue weighted by atomic mass is 10.0. The average molecular weight is 268 g/mol. The molecule has 19 heavy (non-hydrogen) atoms. The van der Waals surface area contributed by atoms with E-state index in [1.54, 1.807) is 13.0 Å². The Labute approximate surface area is 112 Å². The van der Waals surface area contributed by atoms with Crippen molar-refractivity contribution in [3.63, 3.8) is 0 Å². The van der Waals surface area contributed by atoms with E-state index in [0.29, 0.717) is 18.8 Å². The van der Waals surface area contributed by atoms with Gasteiger partial charge in [0.1, 0.15) is 5.82 Å². The summed E-state index contributed by atoms with van der Waals surface area (Å²) in [5.74, 6) is 0.730. The Balaban J connectivity index is 3.13. The molecule has 0 aliphatic carbocycles. The average Bonchev–Trinajstić information content (AvgIpc) is 2.39. The molecular formula is C12H20N4O3. The Bertz CT molecular complexity index is 447. The van der Waals surface area contributed by atoms with E-state index in [0.717, 1.165) is 0 Å². The monoisotopic (exact) mass is 268 g/mol. The third-order valence-electron chi connectivity index (χ3n) is 2.98. The highest BCUT2D eigenvalue weighted by atomic mass is 16.6. The Morgan fingerprint density at radius 2 is 2.16 bits per heavy atom. The number of anilines is 2. The van der Waals surface area contributed by atoms with Crippen molar-refractivity contribution < 1.29 is 10.0 Å². The van der Waals surface area contributed by atoms with Crippen molar-refractivity contribution in [2.24, 2.45) is 0 Å². The normalized spacial score (nSPS) is 13.7. The fourth-order valence-corrected chi connectivity index (χ4v) is 1.50. The van der Waals surface area contributed by atoms with Crippen LogP contribution in [0.4, 0.5) is 17.3 Å². The van der Waals surface area contributed by atoms with E-state index < -0.39 is 10.5 Å². The second kappa shape index (κ2) is 6.33. The van der Waals surface area contributed by atoms with Gasteiger partial charge in [-0.3, -0.25) is 10.1 Å². The molecule has 106 valence electrons. The summed E-state index contributed by atoms with van der Waals surface area (Å²) in [6, 6.07) is 2.97. The van der Waals surface area contributed by atoms with E-state index in [9.17, 15) is 15.2 Å². The highest BCUT2D eigenvalue weighted by Crippen LogP contribution is 2.27. The minimum absolute atomic E-state index is 0.102. The Morgan fingerprint density at radius 1 is 1.47 bits per heavy atom. The van der Waals surface area contributed by atoms with Gasteiger partial charge in [0.25, 0.3) is 0 Å². The first-order valence-corrected chi connectivity index (χ1v) is 6.24. The molecule has 0 saturated heterocycles. The number of hydrogen-bond donors (Lipinski definition) is 3. The highest BCUT2D eigenvalue weighted by Gasteiger charge is 2.26. The molecule has 0 aliphatic heterocycles. The minimum atomic E-state index is -0.636. The largest absolute Gasteiger partial charge is 0.394 e. The summed E-state index contributed by atoms with van der Waals surface area (Å²) in [6.45, 7) is 6.14. The number of nitro groups is 1. The van der Waals surface area contributed by atoms with Crippen molar-refractivity contribution >= 4 is 17.3 Å². The maximum atomic E-state index is 11.0. The molecule has 7 heteroatoms. The van der Waals surface area contributed by atoms with Gasteiger partial charge in [-0.2, -0.15) is 0 Å². The van der Waals surface area contributed by atoms with E-state index in [1.807, 2.05) is 13.8 Å². The summed E-state index contributed by atoms with van der Waals surface area (Å²) in [5.41, 5.74) is -0.738. The summed E-state index contributed by atoms with van der Waals surface area (Å²) >= 11 is 0. The van der Waals surface area contributed by atoms with Gasteiger partial charge in [-0.15, -0.1) is 0 Å². The van der Waals surface area contributed by atoms with Gasteiger partial charge in [0.2, 0.25) is 5.82 Å². The SMILES string of the molecule is CCNc1ccc([N+](=O)[O-])c(NC(C)(CC)CO)n1. The van der Waals surface area contributed by atoms with Crippen LogP contribution < -0.4 is 10.6 Å². The van der Waals surface area contributed by atoms with Crippen LogP contribution in [0.3, 0.4) is 0 Å². The number of aliphatic hydroxyl groups is 1. The number of nitrogens with one attached hydrogen (secondary N) is 2. The van der Waals surface area contributed by atoms with Gasteiger partial charge < -0.3 is 15.7 Å². The van der Waals surface area contributed by atoms with Crippen LogP contribution in [-0.4, -0.2) is 33.7 Å². The minimum Gasteiger partial charge on any atom is -0.394 e. The van der Waals surface area contributed by atoms with Crippen LogP contribution in [0, 0.1) is 10.1 Å². The van der Waals surface area contributed by atoms with Gasteiger partial charge in [0.05, 0.1) is 17.1 Å². The Kier molecular flexibility index (Phi) is 5.05. The van der Waals surface area contributed by atoms with Gasteiger partial charge in [-0.05, 0) is 26.3 Å². The molecular weight excluding hydrogens is 248 g/mol. The molecule has 0 aromatic carbocycles. The van der Waals surface area contributed by atoms with Gasteiger partial charge in [-0.25, -0.2) is 4.98 Å². The molecule has 1 aromatic rings. The lowest BCUT2D eigenvalue weighted by Gasteiger charge is -2.27. The third-order valence-corrected chi connectivity index (χ3v) is 2.98. The fourth-order valence-electron chi connectivity index (χ4n) is 1.50. The zero-order valence-corrected chi connectivity index (χ0v) is 11.4. The van der Waals surface area contributed by atoms with E-state index in [4.69, 9.17) is 0 Å². The maximum Gasteiger partial charge on any atom is 0.311 e. The first-order chi connectivity index (χ1) is 8.95. The Morgan fingerprint density at radius 3 is 2.63 bits per heavy atom. The molecule has 0 amide bonds.